The monoisotopic (exact) mass is 477 g/mol. The number of halogens is 1. The topological polar surface area (TPSA) is 91.6 Å². The maximum atomic E-state index is 13.9. The molecule has 2 amide bonds. The van der Waals surface area contributed by atoms with Gasteiger partial charge in [0.15, 0.2) is 5.82 Å². The van der Waals surface area contributed by atoms with Crippen LogP contribution in [0.25, 0.3) is 16.4 Å². The van der Waals surface area contributed by atoms with Crippen molar-refractivity contribution in [1.82, 2.24) is 24.6 Å². The van der Waals surface area contributed by atoms with Crippen molar-refractivity contribution >= 4 is 23.2 Å². The average molecular weight is 478 g/mol. The summed E-state index contributed by atoms with van der Waals surface area (Å²) in [6, 6.07) is 16.1. The highest BCUT2D eigenvalue weighted by Crippen LogP contribution is 2.26. The quantitative estimate of drug-likeness (QED) is 0.486. The van der Waals surface area contributed by atoms with Crippen molar-refractivity contribution in [3.05, 3.63) is 83.2 Å². The lowest BCUT2D eigenvalue weighted by molar-refractivity contribution is 0.0527. The van der Waals surface area contributed by atoms with E-state index in [-0.39, 0.29) is 29.0 Å². The SMILES string of the molecule is O=C(c1nc(-c2cccs2)n(-c2cccc(F)c2)n1)N1CCN(C(=O)c2ccccc2O)CC1. The number of hydrogen-bond donors (Lipinski definition) is 1. The number of thiophene rings is 1. The first-order valence-corrected chi connectivity index (χ1v) is 11.5. The van der Waals surface area contributed by atoms with Crippen LogP contribution in [-0.4, -0.2) is 67.7 Å². The van der Waals surface area contributed by atoms with Crippen molar-refractivity contribution in [2.24, 2.45) is 0 Å². The second-order valence-electron chi connectivity index (χ2n) is 7.73. The summed E-state index contributed by atoms with van der Waals surface area (Å²) in [5.41, 5.74) is 0.700. The van der Waals surface area contributed by atoms with E-state index in [1.54, 1.807) is 40.1 Å². The second kappa shape index (κ2) is 9.06. The van der Waals surface area contributed by atoms with E-state index in [0.29, 0.717) is 37.7 Å². The zero-order valence-electron chi connectivity index (χ0n) is 18.0. The fourth-order valence-corrected chi connectivity index (χ4v) is 4.53. The molecule has 0 atom stereocenters. The smallest absolute Gasteiger partial charge is 0.293 e. The van der Waals surface area contributed by atoms with E-state index in [1.807, 2.05) is 17.5 Å². The minimum absolute atomic E-state index is 0.00754. The van der Waals surface area contributed by atoms with Gasteiger partial charge in [-0.2, -0.15) is 0 Å². The molecule has 1 saturated heterocycles. The van der Waals surface area contributed by atoms with Gasteiger partial charge in [-0.25, -0.2) is 14.1 Å². The third-order valence-electron chi connectivity index (χ3n) is 5.58. The Morgan fingerprint density at radius 1 is 0.912 bits per heavy atom. The van der Waals surface area contributed by atoms with Gasteiger partial charge >= 0.3 is 0 Å². The molecule has 5 rings (SSSR count). The Labute approximate surface area is 198 Å². The van der Waals surface area contributed by atoms with Gasteiger partial charge in [-0.3, -0.25) is 9.59 Å². The number of rotatable bonds is 4. The molecule has 0 unspecified atom stereocenters. The predicted molar refractivity (Wildman–Crippen MR) is 125 cm³/mol. The molecule has 1 aliphatic rings. The van der Waals surface area contributed by atoms with Crippen LogP contribution >= 0.6 is 11.3 Å². The fourth-order valence-electron chi connectivity index (χ4n) is 3.83. The van der Waals surface area contributed by atoms with E-state index in [4.69, 9.17) is 0 Å². The molecule has 0 radical (unpaired) electrons. The number of benzene rings is 2. The number of phenols is 1. The van der Waals surface area contributed by atoms with Gasteiger partial charge in [0, 0.05) is 26.2 Å². The molecule has 172 valence electrons. The number of nitrogens with zero attached hydrogens (tertiary/aromatic N) is 5. The molecule has 4 aromatic rings. The van der Waals surface area contributed by atoms with Crippen LogP contribution in [0, 0.1) is 5.82 Å². The van der Waals surface area contributed by atoms with Crippen molar-refractivity contribution in [3.63, 3.8) is 0 Å². The largest absolute Gasteiger partial charge is 0.507 e. The summed E-state index contributed by atoms with van der Waals surface area (Å²) in [5, 5.41) is 16.3. The van der Waals surface area contributed by atoms with E-state index in [2.05, 4.69) is 10.1 Å². The molecular weight excluding hydrogens is 457 g/mol. The van der Waals surface area contributed by atoms with Gasteiger partial charge < -0.3 is 14.9 Å². The molecule has 8 nitrogen and oxygen atoms in total. The molecule has 34 heavy (non-hydrogen) atoms. The Hall–Kier alpha value is -4.05. The summed E-state index contributed by atoms with van der Waals surface area (Å²) in [6.45, 7) is 1.25. The van der Waals surface area contributed by atoms with Crippen molar-refractivity contribution < 1.29 is 19.1 Å². The molecule has 0 spiro atoms. The lowest BCUT2D eigenvalue weighted by Gasteiger charge is -2.34. The molecule has 3 heterocycles. The molecule has 1 fully saturated rings. The fraction of sp³-hybridized carbons (Fsp3) is 0.167. The van der Waals surface area contributed by atoms with Crippen molar-refractivity contribution in [1.29, 1.82) is 0 Å². The van der Waals surface area contributed by atoms with Gasteiger partial charge in [-0.15, -0.1) is 16.4 Å². The number of phenolic OH excluding ortho intramolecular Hbond substituents is 1. The molecule has 0 aliphatic carbocycles. The van der Waals surface area contributed by atoms with Crippen LogP contribution in [-0.2, 0) is 0 Å². The van der Waals surface area contributed by atoms with Crippen molar-refractivity contribution in [2.75, 3.05) is 26.2 Å². The van der Waals surface area contributed by atoms with Crippen molar-refractivity contribution in [2.45, 2.75) is 0 Å². The van der Waals surface area contributed by atoms with Crippen LogP contribution in [0.5, 0.6) is 5.75 Å². The highest BCUT2D eigenvalue weighted by Gasteiger charge is 2.29. The summed E-state index contributed by atoms with van der Waals surface area (Å²) in [6.07, 6.45) is 0. The Balaban J connectivity index is 1.36. The van der Waals surface area contributed by atoms with E-state index in [0.717, 1.165) is 4.88 Å². The van der Waals surface area contributed by atoms with Crippen LogP contribution in [0.15, 0.2) is 66.0 Å². The van der Waals surface area contributed by atoms with E-state index < -0.39 is 5.82 Å². The summed E-state index contributed by atoms with van der Waals surface area (Å²) in [5.74, 6) is -0.658. The van der Waals surface area contributed by atoms with E-state index in [1.165, 1.54) is 34.2 Å². The van der Waals surface area contributed by atoms with Crippen LogP contribution in [0.4, 0.5) is 4.39 Å². The molecule has 0 saturated carbocycles. The Bertz CT molecular complexity index is 1350. The number of amides is 2. The number of para-hydroxylation sites is 1. The van der Waals surface area contributed by atoms with Crippen LogP contribution < -0.4 is 0 Å². The highest BCUT2D eigenvalue weighted by atomic mass is 32.1. The third kappa shape index (κ3) is 4.15. The van der Waals surface area contributed by atoms with Gasteiger partial charge in [0.2, 0.25) is 5.82 Å². The molecular formula is C24H20FN5O3S. The average Bonchev–Trinajstić information content (AvgIpc) is 3.54. The van der Waals surface area contributed by atoms with Crippen LogP contribution in [0.2, 0.25) is 0 Å². The zero-order chi connectivity index (χ0) is 23.7. The lowest BCUT2D eigenvalue weighted by Crippen LogP contribution is -2.50. The van der Waals surface area contributed by atoms with Crippen molar-refractivity contribution in [3.8, 4) is 22.1 Å². The summed E-state index contributed by atoms with van der Waals surface area (Å²) >= 11 is 1.45. The number of aromatic nitrogens is 3. The first kappa shape index (κ1) is 21.8. The Morgan fingerprint density at radius 3 is 2.32 bits per heavy atom. The molecule has 2 aromatic carbocycles. The van der Waals surface area contributed by atoms with Gasteiger partial charge in [0.25, 0.3) is 11.8 Å². The maximum Gasteiger partial charge on any atom is 0.293 e. The molecule has 2 aromatic heterocycles. The maximum absolute atomic E-state index is 13.9. The van der Waals surface area contributed by atoms with Crippen LogP contribution in [0.1, 0.15) is 21.0 Å². The molecule has 10 heteroatoms. The first-order chi connectivity index (χ1) is 16.5. The number of aromatic hydroxyl groups is 1. The number of carbonyl (C=O) groups is 2. The molecule has 1 aliphatic heterocycles. The van der Waals surface area contributed by atoms with E-state index in [9.17, 15) is 19.1 Å². The third-order valence-corrected chi connectivity index (χ3v) is 6.45. The van der Waals surface area contributed by atoms with Gasteiger partial charge in [-0.05, 0) is 41.8 Å². The normalized spacial score (nSPS) is 13.8. The van der Waals surface area contributed by atoms with E-state index >= 15 is 0 Å². The number of hydrogen-bond acceptors (Lipinski definition) is 6. The van der Waals surface area contributed by atoms with Crippen LogP contribution in [0.3, 0.4) is 0 Å². The summed E-state index contributed by atoms with van der Waals surface area (Å²) in [7, 11) is 0. The first-order valence-electron chi connectivity index (χ1n) is 10.6. The molecule has 0 bridgehead atoms. The van der Waals surface area contributed by atoms with Gasteiger partial charge in [-0.1, -0.05) is 24.3 Å². The summed E-state index contributed by atoms with van der Waals surface area (Å²) < 4.78 is 15.3. The highest BCUT2D eigenvalue weighted by molar-refractivity contribution is 7.13. The second-order valence-corrected chi connectivity index (χ2v) is 8.68. The Morgan fingerprint density at radius 2 is 1.65 bits per heavy atom. The van der Waals surface area contributed by atoms with Gasteiger partial charge in [0.05, 0.1) is 16.1 Å². The van der Waals surface area contributed by atoms with Gasteiger partial charge in [0.1, 0.15) is 11.6 Å². The molecule has 1 N–H and O–H groups in total. The number of carbonyl (C=O) groups excluding carboxylic acids is 2. The predicted octanol–water partition coefficient (Wildman–Crippen LogP) is 3.44. The zero-order valence-corrected chi connectivity index (χ0v) is 18.8. The minimum atomic E-state index is -0.414. The lowest BCUT2D eigenvalue weighted by atomic mass is 10.1. The Kier molecular flexibility index (Phi) is 5.81. The number of piperazine rings is 1. The minimum Gasteiger partial charge on any atom is -0.507 e. The summed E-state index contributed by atoms with van der Waals surface area (Å²) in [4.78, 5) is 34.4. The standard InChI is InChI=1S/C24H20FN5O3S/c25-16-5-3-6-17(15-16)30-22(20-9-4-14-34-20)26-21(27-30)24(33)29-12-10-28(11-13-29)23(32)18-7-1-2-8-19(18)31/h1-9,14-15,31H,10-13H2.